The fraction of sp³-hybridized carbons (Fsp3) is 0.400. The number of morpholine rings is 1. The number of hydrogen-bond donors (Lipinski definition) is 1. The fourth-order valence-corrected chi connectivity index (χ4v) is 5.01. The van der Waals surface area contributed by atoms with Crippen LogP contribution in [0.15, 0.2) is 54.6 Å². The number of anilines is 1. The molecule has 2 fully saturated rings. The summed E-state index contributed by atoms with van der Waals surface area (Å²) in [7, 11) is 0. The Kier molecular flexibility index (Phi) is 5.38. The molecule has 1 aromatic heterocycles. The SMILES string of the molecule is Cc1cc(N2CC[C@](O)(c3ccccc3)[C@H](N3CCOCC3)C2)nc2ccc(F)cc12. The summed E-state index contributed by atoms with van der Waals surface area (Å²) in [5, 5.41) is 12.7. The quantitative estimate of drug-likeness (QED) is 0.702. The van der Waals surface area contributed by atoms with E-state index in [-0.39, 0.29) is 11.9 Å². The molecule has 2 atom stereocenters. The first-order chi connectivity index (χ1) is 15.0. The Bertz CT molecular complexity index is 1070. The zero-order valence-electron chi connectivity index (χ0n) is 17.8. The monoisotopic (exact) mass is 421 g/mol. The normalized spacial score (nSPS) is 25.1. The van der Waals surface area contributed by atoms with Gasteiger partial charge in [0, 0.05) is 31.6 Å². The van der Waals surface area contributed by atoms with Crippen molar-refractivity contribution in [3.05, 3.63) is 71.5 Å². The van der Waals surface area contributed by atoms with Crippen molar-refractivity contribution < 1.29 is 14.2 Å². The van der Waals surface area contributed by atoms with E-state index in [9.17, 15) is 9.50 Å². The minimum Gasteiger partial charge on any atom is -0.383 e. The predicted molar refractivity (Wildman–Crippen MR) is 120 cm³/mol. The number of fused-ring (bicyclic) bond motifs is 1. The van der Waals surface area contributed by atoms with Gasteiger partial charge in [0.2, 0.25) is 0 Å². The van der Waals surface area contributed by atoms with Gasteiger partial charge in [0.05, 0.1) is 24.8 Å². The number of rotatable bonds is 3. The third-order valence-corrected chi connectivity index (χ3v) is 6.76. The molecule has 0 saturated carbocycles. The van der Waals surface area contributed by atoms with Gasteiger partial charge in [0.15, 0.2) is 0 Å². The summed E-state index contributed by atoms with van der Waals surface area (Å²) in [5.74, 6) is 0.633. The lowest BCUT2D eigenvalue weighted by molar-refractivity contribution is -0.0911. The van der Waals surface area contributed by atoms with Crippen molar-refractivity contribution in [2.75, 3.05) is 44.3 Å². The lowest BCUT2D eigenvalue weighted by atomic mass is 9.79. The van der Waals surface area contributed by atoms with Crippen molar-refractivity contribution in [2.24, 2.45) is 0 Å². The van der Waals surface area contributed by atoms with E-state index in [4.69, 9.17) is 9.72 Å². The Morgan fingerprint density at radius 3 is 2.61 bits per heavy atom. The molecule has 3 aromatic rings. The first kappa shape index (κ1) is 20.4. The van der Waals surface area contributed by atoms with Crippen LogP contribution in [0.1, 0.15) is 17.5 Å². The molecule has 31 heavy (non-hydrogen) atoms. The van der Waals surface area contributed by atoms with E-state index >= 15 is 0 Å². The molecule has 6 heteroatoms. The maximum Gasteiger partial charge on any atom is 0.129 e. The van der Waals surface area contributed by atoms with Crippen molar-refractivity contribution in [3.63, 3.8) is 0 Å². The van der Waals surface area contributed by atoms with Crippen LogP contribution in [0, 0.1) is 12.7 Å². The van der Waals surface area contributed by atoms with Gasteiger partial charge in [-0.2, -0.15) is 0 Å². The summed E-state index contributed by atoms with van der Waals surface area (Å²) < 4.78 is 19.3. The van der Waals surface area contributed by atoms with Gasteiger partial charge in [0.25, 0.3) is 0 Å². The van der Waals surface area contributed by atoms with E-state index in [1.165, 1.54) is 6.07 Å². The Morgan fingerprint density at radius 1 is 1.06 bits per heavy atom. The fourth-order valence-electron chi connectivity index (χ4n) is 5.01. The Labute approximate surface area is 182 Å². The first-order valence-corrected chi connectivity index (χ1v) is 11.0. The van der Waals surface area contributed by atoms with Crippen LogP contribution in [-0.2, 0) is 10.3 Å². The summed E-state index contributed by atoms with van der Waals surface area (Å²) >= 11 is 0. The molecule has 0 radical (unpaired) electrons. The number of aryl methyl sites for hydroxylation is 1. The average molecular weight is 422 g/mol. The topological polar surface area (TPSA) is 48.8 Å². The molecule has 0 amide bonds. The zero-order chi connectivity index (χ0) is 21.4. The second kappa shape index (κ2) is 8.19. The predicted octanol–water partition coefficient (Wildman–Crippen LogP) is 3.48. The minimum absolute atomic E-state index is 0.0708. The summed E-state index contributed by atoms with van der Waals surface area (Å²) in [6.07, 6.45) is 0.612. The molecule has 1 N–H and O–H groups in total. The number of aliphatic hydroxyl groups is 1. The van der Waals surface area contributed by atoms with E-state index in [1.807, 2.05) is 43.3 Å². The van der Waals surface area contributed by atoms with Crippen LogP contribution in [-0.4, -0.2) is 60.4 Å². The molecule has 2 aliphatic heterocycles. The van der Waals surface area contributed by atoms with E-state index in [2.05, 4.69) is 9.80 Å². The summed E-state index contributed by atoms with van der Waals surface area (Å²) in [6, 6.07) is 16.7. The van der Waals surface area contributed by atoms with E-state index in [1.54, 1.807) is 12.1 Å². The van der Waals surface area contributed by atoms with Crippen LogP contribution in [0.25, 0.3) is 10.9 Å². The molecular weight excluding hydrogens is 393 g/mol. The lowest BCUT2D eigenvalue weighted by Gasteiger charge is -2.50. The zero-order valence-corrected chi connectivity index (χ0v) is 17.8. The summed E-state index contributed by atoms with van der Waals surface area (Å²) in [6.45, 7) is 6.33. The van der Waals surface area contributed by atoms with Crippen LogP contribution in [0.2, 0.25) is 0 Å². The molecule has 2 aromatic carbocycles. The number of benzene rings is 2. The van der Waals surface area contributed by atoms with Crippen molar-refractivity contribution in [3.8, 4) is 0 Å². The maximum atomic E-state index is 13.7. The number of hydrogen-bond acceptors (Lipinski definition) is 5. The first-order valence-electron chi connectivity index (χ1n) is 11.0. The van der Waals surface area contributed by atoms with E-state index < -0.39 is 5.60 Å². The number of nitrogens with zero attached hydrogens (tertiary/aromatic N) is 3. The van der Waals surface area contributed by atoms with Gasteiger partial charge in [0.1, 0.15) is 17.2 Å². The summed E-state index contributed by atoms with van der Waals surface area (Å²) in [5.41, 5.74) is 1.84. The smallest absolute Gasteiger partial charge is 0.129 e. The van der Waals surface area contributed by atoms with Crippen LogP contribution < -0.4 is 4.90 Å². The van der Waals surface area contributed by atoms with Gasteiger partial charge in [-0.1, -0.05) is 30.3 Å². The lowest BCUT2D eigenvalue weighted by Crippen LogP contribution is -2.62. The largest absolute Gasteiger partial charge is 0.383 e. The molecule has 0 unspecified atom stereocenters. The van der Waals surface area contributed by atoms with Crippen LogP contribution >= 0.6 is 0 Å². The Balaban J connectivity index is 1.50. The molecule has 2 saturated heterocycles. The van der Waals surface area contributed by atoms with Crippen molar-refractivity contribution >= 4 is 16.7 Å². The molecule has 162 valence electrons. The third kappa shape index (κ3) is 3.80. The van der Waals surface area contributed by atoms with Gasteiger partial charge in [-0.3, -0.25) is 4.90 Å². The molecule has 0 aliphatic carbocycles. The number of aromatic nitrogens is 1. The molecule has 0 bridgehead atoms. The molecule has 2 aliphatic rings. The highest BCUT2D eigenvalue weighted by Gasteiger charge is 2.46. The van der Waals surface area contributed by atoms with Gasteiger partial charge in [-0.15, -0.1) is 0 Å². The van der Waals surface area contributed by atoms with Gasteiger partial charge in [-0.25, -0.2) is 9.37 Å². The minimum atomic E-state index is -0.926. The highest BCUT2D eigenvalue weighted by atomic mass is 19.1. The molecule has 3 heterocycles. The number of piperidine rings is 1. The van der Waals surface area contributed by atoms with Crippen molar-refractivity contribution in [2.45, 2.75) is 25.0 Å². The molecule has 5 nitrogen and oxygen atoms in total. The van der Waals surface area contributed by atoms with Gasteiger partial charge >= 0.3 is 0 Å². The van der Waals surface area contributed by atoms with Crippen LogP contribution in [0.4, 0.5) is 10.2 Å². The molecule has 0 spiro atoms. The second-order valence-electron chi connectivity index (χ2n) is 8.61. The highest BCUT2D eigenvalue weighted by molar-refractivity contribution is 5.84. The van der Waals surface area contributed by atoms with Crippen molar-refractivity contribution in [1.82, 2.24) is 9.88 Å². The Hall–Kier alpha value is -2.54. The van der Waals surface area contributed by atoms with Crippen molar-refractivity contribution in [1.29, 1.82) is 0 Å². The Morgan fingerprint density at radius 2 is 1.84 bits per heavy atom. The van der Waals surface area contributed by atoms with E-state index in [0.717, 1.165) is 40.9 Å². The van der Waals surface area contributed by atoms with E-state index in [0.29, 0.717) is 32.7 Å². The average Bonchev–Trinajstić information content (AvgIpc) is 2.81. The van der Waals surface area contributed by atoms with Crippen LogP contribution in [0.3, 0.4) is 0 Å². The standard InChI is InChI=1S/C25H28FN3O2/c1-18-15-24(27-22-8-7-20(26)16-21(18)22)29-10-9-25(30,19-5-3-2-4-6-19)23(17-29)28-11-13-31-14-12-28/h2-8,15-16,23,30H,9-14,17H2,1H3/t23-,25+/m1/s1. The summed E-state index contributed by atoms with van der Waals surface area (Å²) in [4.78, 5) is 9.45. The van der Waals surface area contributed by atoms with Gasteiger partial charge < -0.3 is 14.7 Å². The molecular formula is C25H28FN3O2. The number of halogens is 1. The number of ether oxygens (including phenoxy) is 1. The van der Waals surface area contributed by atoms with Crippen LogP contribution in [0.5, 0.6) is 0 Å². The maximum absolute atomic E-state index is 13.7. The highest BCUT2D eigenvalue weighted by Crippen LogP contribution is 2.38. The second-order valence-corrected chi connectivity index (χ2v) is 8.61. The molecule has 5 rings (SSSR count). The number of pyridine rings is 1. The van der Waals surface area contributed by atoms with Gasteiger partial charge in [-0.05, 0) is 48.7 Å². The third-order valence-electron chi connectivity index (χ3n) is 6.76.